The van der Waals surface area contributed by atoms with Gasteiger partial charge in [-0.1, -0.05) is 0 Å². The maximum Gasteiger partial charge on any atom is 0.217 e. The van der Waals surface area contributed by atoms with Crippen LogP contribution in [0.5, 0.6) is 0 Å². The molecular formula is C16H21NO5S. The Bertz CT molecular complexity index is 636. The highest BCUT2D eigenvalue weighted by atomic mass is 32.2. The van der Waals surface area contributed by atoms with Crippen LogP contribution in [0.25, 0.3) is 0 Å². The first-order valence-electron chi connectivity index (χ1n) is 7.78. The van der Waals surface area contributed by atoms with Crippen LogP contribution in [0.4, 0.5) is 0 Å². The van der Waals surface area contributed by atoms with Gasteiger partial charge in [0, 0.05) is 6.61 Å². The van der Waals surface area contributed by atoms with Crippen molar-refractivity contribution in [3.05, 3.63) is 48.3 Å². The van der Waals surface area contributed by atoms with Gasteiger partial charge in [-0.2, -0.15) is 4.31 Å². The first kappa shape index (κ1) is 16.3. The van der Waals surface area contributed by atoms with Crippen LogP contribution in [0.15, 0.2) is 45.6 Å². The number of ether oxygens (including phenoxy) is 1. The summed E-state index contributed by atoms with van der Waals surface area (Å²) in [7, 11) is -3.49. The molecule has 1 saturated heterocycles. The number of furan rings is 2. The van der Waals surface area contributed by atoms with E-state index >= 15 is 0 Å². The zero-order valence-corrected chi connectivity index (χ0v) is 13.7. The molecule has 1 unspecified atom stereocenters. The number of sulfonamides is 1. The van der Waals surface area contributed by atoms with Crippen LogP contribution in [-0.2, 0) is 27.8 Å². The summed E-state index contributed by atoms with van der Waals surface area (Å²) in [5, 5.41) is 0. The fourth-order valence-electron chi connectivity index (χ4n) is 2.68. The van der Waals surface area contributed by atoms with Gasteiger partial charge in [0.25, 0.3) is 0 Å². The van der Waals surface area contributed by atoms with Crippen molar-refractivity contribution in [1.82, 2.24) is 4.31 Å². The van der Waals surface area contributed by atoms with Crippen molar-refractivity contribution >= 4 is 10.0 Å². The predicted molar refractivity (Wildman–Crippen MR) is 84.0 cm³/mol. The van der Waals surface area contributed by atoms with Crippen molar-refractivity contribution in [3.63, 3.8) is 0 Å². The third-order valence-corrected chi connectivity index (χ3v) is 5.73. The average Bonchev–Trinajstić information content (AvgIpc) is 3.21. The van der Waals surface area contributed by atoms with E-state index in [1.807, 2.05) is 0 Å². The second kappa shape index (κ2) is 7.33. The van der Waals surface area contributed by atoms with Crippen molar-refractivity contribution in [2.24, 2.45) is 0 Å². The van der Waals surface area contributed by atoms with Gasteiger partial charge >= 0.3 is 0 Å². The largest absolute Gasteiger partial charge is 0.468 e. The predicted octanol–water partition coefficient (Wildman–Crippen LogP) is 2.77. The molecule has 1 aliphatic rings. The first-order chi connectivity index (χ1) is 11.1. The van der Waals surface area contributed by atoms with Crippen molar-refractivity contribution in [3.8, 4) is 0 Å². The van der Waals surface area contributed by atoms with Gasteiger partial charge in [-0.05, 0) is 43.5 Å². The smallest absolute Gasteiger partial charge is 0.217 e. The highest BCUT2D eigenvalue weighted by molar-refractivity contribution is 7.89. The van der Waals surface area contributed by atoms with E-state index in [0.717, 1.165) is 19.3 Å². The Labute approximate surface area is 136 Å². The zero-order chi connectivity index (χ0) is 16.1. The van der Waals surface area contributed by atoms with Crippen LogP contribution in [0.3, 0.4) is 0 Å². The van der Waals surface area contributed by atoms with E-state index in [2.05, 4.69) is 0 Å². The maximum atomic E-state index is 12.8. The molecule has 0 spiro atoms. The van der Waals surface area contributed by atoms with E-state index in [-0.39, 0.29) is 24.9 Å². The van der Waals surface area contributed by atoms with Crippen LogP contribution < -0.4 is 0 Å². The lowest BCUT2D eigenvalue weighted by Gasteiger charge is -2.26. The molecule has 0 aromatic carbocycles. The second-order valence-electron chi connectivity index (χ2n) is 5.69. The van der Waals surface area contributed by atoms with Gasteiger partial charge in [0.15, 0.2) is 0 Å². The lowest BCUT2D eigenvalue weighted by Crippen LogP contribution is -2.37. The fraction of sp³-hybridized carbons (Fsp3) is 0.500. The summed E-state index contributed by atoms with van der Waals surface area (Å²) in [4.78, 5) is 0. The molecule has 3 heterocycles. The summed E-state index contributed by atoms with van der Waals surface area (Å²) >= 11 is 0. The SMILES string of the molecule is O=S(=O)(CC1CCCCO1)N(Cc1ccco1)Cc1ccco1. The zero-order valence-electron chi connectivity index (χ0n) is 12.9. The monoisotopic (exact) mass is 339 g/mol. The molecule has 0 radical (unpaired) electrons. The lowest BCUT2D eigenvalue weighted by molar-refractivity contribution is 0.0297. The average molecular weight is 339 g/mol. The van der Waals surface area contributed by atoms with Crippen LogP contribution in [0.1, 0.15) is 30.8 Å². The third kappa shape index (κ3) is 4.46. The van der Waals surface area contributed by atoms with Crippen LogP contribution in [-0.4, -0.2) is 31.2 Å². The normalized spacial score (nSPS) is 19.3. The van der Waals surface area contributed by atoms with Crippen LogP contribution >= 0.6 is 0 Å². The standard InChI is InChI=1S/C16H21NO5S/c18-23(19,13-16-5-1-2-8-22-16)17(11-14-6-3-9-20-14)12-15-7-4-10-21-15/h3-4,6-7,9-10,16H,1-2,5,8,11-13H2. The Hall–Kier alpha value is -1.57. The summed E-state index contributed by atoms with van der Waals surface area (Å²) in [5.41, 5.74) is 0. The number of rotatable bonds is 7. The Kier molecular flexibility index (Phi) is 5.20. The minimum absolute atomic E-state index is 0.00554. The molecule has 0 N–H and O–H groups in total. The second-order valence-corrected chi connectivity index (χ2v) is 7.71. The Morgan fingerprint density at radius 2 is 1.70 bits per heavy atom. The minimum atomic E-state index is -3.49. The lowest BCUT2D eigenvalue weighted by atomic mass is 10.1. The molecule has 0 amide bonds. The molecule has 2 aromatic rings. The number of nitrogens with zero attached hydrogens (tertiary/aromatic N) is 1. The number of hydrogen-bond donors (Lipinski definition) is 0. The van der Waals surface area contributed by atoms with Gasteiger partial charge in [0.05, 0.1) is 37.5 Å². The van der Waals surface area contributed by atoms with Gasteiger partial charge in [-0.3, -0.25) is 0 Å². The van der Waals surface area contributed by atoms with Gasteiger partial charge in [-0.25, -0.2) is 8.42 Å². The highest BCUT2D eigenvalue weighted by Gasteiger charge is 2.29. The Balaban J connectivity index is 1.74. The van der Waals surface area contributed by atoms with Crippen molar-refractivity contribution in [2.75, 3.05) is 12.4 Å². The maximum absolute atomic E-state index is 12.8. The first-order valence-corrected chi connectivity index (χ1v) is 9.38. The van der Waals surface area contributed by atoms with Crippen molar-refractivity contribution in [2.45, 2.75) is 38.5 Å². The van der Waals surface area contributed by atoms with Gasteiger partial charge in [0.2, 0.25) is 10.0 Å². The Morgan fingerprint density at radius 3 is 2.17 bits per heavy atom. The van der Waals surface area contributed by atoms with Crippen LogP contribution in [0.2, 0.25) is 0 Å². The molecule has 1 aliphatic heterocycles. The number of hydrogen-bond acceptors (Lipinski definition) is 5. The van der Waals surface area contributed by atoms with Gasteiger partial charge in [-0.15, -0.1) is 0 Å². The van der Waals surface area contributed by atoms with Crippen LogP contribution in [0, 0.1) is 0 Å². The van der Waals surface area contributed by atoms with E-state index in [1.54, 1.807) is 24.3 Å². The molecule has 0 saturated carbocycles. The van der Waals surface area contributed by atoms with Gasteiger partial charge < -0.3 is 13.6 Å². The quantitative estimate of drug-likeness (QED) is 0.775. The summed E-state index contributed by atoms with van der Waals surface area (Å²) in [5.74, 6) is 1.20. The molecule has 6 nitrogen and oxygen atoms in total. The summed E-state index contributed by atoms with van der Waals surface area (Å²) in [6.45, 7) is 1.00. The van der Waals surface area contributed by atoms with Crippen molar-refractivity contribution < 1.29 is 22.0 Å². The summed E-state index contributed by atoms with van der Waals surface area (Å²) in [6.07, 6.45) is 5.64. The molecule has 7 heteroatoms. The Morgan fingerprint density at radius 1 is 1.04 bits per heavy atom. The van der Waals surface area contributed by atoms with E-state index in [0.29, 0.717) is 18.1 Å². The molecule has 0 aliphatic carbocycles. The molecule has 1 fully saturated rings. The molecule has 0 bridgehead atoms. The molecule has 3 rings (SSSR count). The summed E-state index contributed by atoms with van der Waals surface area (Å²) in [6, 6.07) is 7.03. The topological polar surface area (TPSA) is 72.9 Å². The van der Waals surface area contributed by atoms with E-state index in [9.17, 15) is 8.42 Å². The minimum Gasteiger partial charge on any atom is -0.468 e. The third-order valence-electron chi connectivity index (χ3n) is 3.89. The molecular weight excluding hydrogens is 318 g/mol. The highest BCUT2D eigenvalue weighted by Crippen LogP contribution is 2.20. The van der Waals surface area contributed by atoms with E-state index < -0.39 is 10.0 Å². The summed E-state index contributed by atoms with van der Waals surface area (Å²) < 4.78 is 43.2. The van der Waals surface area contributed by atoms with Gasteiger partial charge in [0.1, 0.15) is 11.5 Å². The molecule has 126 valence electrons. The van der Waals surface area contributed by atoms with E-state index in [1.165, 1.54) is 16.8 Å². The molecule has 1 atom stereocenters. The molecule has 23 heavy (non-hydrogen) atoms. The van der Waals surface area contributed by atoms with Crippen molar-refractivity contribution in [1.29, 1.82) is 0 Å². The van der Waals surface area contributed by atoms with E-state index in [4.69, 9.17) is 13.6 Å². The fourth-order valence-corrected chi connectivity index (χ4v) is 4.28. The molecule has 2 aromatic heterocycles.